The molecule has 0 spiro atoms. The van der Waals surface area contributed by atoms with Crippen LogP contribution in [0.15, 0.2) is 6.20 Å². The molecule has 1 aromatic heterocycles. The molecule has 2 atom stereocenters. The smallest absolute Gasteiger partial charge is 0.257 e. The van der Waals surface area contributed by atoms with Crippen molar-refractivity contribution in [3.8, 4) is 0 Å². The molecule has 1 aliphatic rings. The Morgan fingerprint density at radius 2 is 2.33 bits per heavy atom. The fourth-order valence-corrected chi connectivity index (χ4v) is 2.45. The molecule has 0 bridgehead atoms. The zero-order valence-electron chi connectivity index (χ0n) is 10.9. The van der Waals surface area contributed by atoms with Gasteiger partial charge in [-0.3, -0.25) is 9.48 Å². The molecule has 1 aliphatic heterocycles. The van der Waals surface area contributed by atoms with Crippen molar-refractivity contribution in [2.45, 2.75) is 26.1 Å². The average molecular weight is 272 g/mol. The second-order valence-corrected chi connectivity index (χ2v) is 5.04. The fraction of sp³-hybridized carbons (Fsp3) is 0.667. The van der Waals surface area contributed by atoms with Crippen LogP contribution in [0.1, 0.15) is 23.0 Å². The van der Waals surface area contributed by atoms with E-state index in [2.05, 4.69) is 5.10 Å². The number of rotatable bonds is 2. The number of aromatic nitrogens is 2. The summed E-state index contributed by atoms with van der Waals surface area (Å²) >= 11 is 5.82. The van der Waals surface area contributed by atoms with E-state index in [0.29, 0.717) is 24.5 Å². The van der Waals surface area contributed by atoms with E-state index < -0.39 is 0 Å². The summed E-state index contributed by atoms with van der Waals surface area (Å²) < 4.78 is 7.30. The first kappa shape index (κ1) is 13.4. The topological polar surface area (TPSA) is 47.4 Å². The molecule has 0 N–H and O–H groups in total. The maximum absolute atomic E-state index is 12.4. The monoisotopic (exact) mass is 271 g/mol. The lowest BCUT2D eigenvalue weighted by Gasteiger charge is -2.36. The molecule has 0 radical (unpaired) electrons. The number of morpholine rings is 1. The van der Waals surface area contributed by atoms with Crippen LogP contribution in [0.25, 0.3) is 0 Å². The van der Waals surface area contributed by atoms with E-state index in [-0.39, 0.29) is 18.1 Å². The molecule has 5 nitrogen and oxygen atoms in total. The summed E-state index contributed by atoms with van der Waals surface area (Å²) in [4.78, 5) is 14.2. The Morgan fingerprint density at radius 1 is 1.61 bits per heavy atom. The number of nitrogens with zero attached hydrogens (tertiary/aromatic N) is 3. The first-order valence-electron chi connectivity index (χ1n) is 6.02. The molecule has 0 aromatic carbocycles. The molecule has 2 rings (SSSR count). The highest BCUT2D eigenvalue weighted by atomic mass is 35.5. The van der Waals surface area contributed by atoms with Crippen LogP contribution in [0.4, 0.5) is 0 Å². The molecule has 1 aromatic rings. The van der Waals surface area contributed by atoms with Crippen LogP contribution in [0, 0.1) is 6.92 Å². The zero-order chi connectivity index (χ0) is 13.3. The molecule has 100 valence electrons. The summed E-state index contributed by atoms with van der Waals surface area (Å²) in [5, 5.41) is 4.20. The van der Waals surface area contributed by atoms with E-state index in [4.69, 9.17) is 16.3 Å². The van der Waals surface area contributed by atoms with Gasteiger partial charge in [0.25, 0.3) is 5.91 Å². The minimum absolute atomic E-state index is 0.00543. The molecule has 1 amide bonds. The Bertz CT molecular complexity index is 447. The SMILES string of the molecule is Cc1nn(C)cc1C(=O)N1CC(C)OC(CCl)C1. The lowest BCUT2D eigenvalue weighted by Crippen LogP contribution is -2.49. The van der Waals surface area contributed by atoms with Crippen molar-refractivity contribution in [3.63, 3.8) is 0 Å². The molecular formula is C12H18ClN3O2. The van der Waals surface area contributed by atoms with Crippen LogP contribution in [0.3, 0.4) is 0 Å². The summed E-state index contributed by atoms with van der Waals surface area (Å²) in [6, 6.07) is 0. The summed E-state index contributed by atoms with van der Waals surface area (Å²) in [5.74, 6) is 0.408. The fourth-order valence-electron chi connectivity index (χ4n) is 2.28. The summed E-state index contributed by atoms with van der Waals surface area (Å²) in [6.07, 6.45) is 1.69. The second-order valence-electron chi connectivity index (χ2n) is 4.74. The molecule has 18 heavy (non-hydrogen) atoms. The van der Waals surface area contributed by atoms with Gasteiger partial charge >= 0.3 is 0 Å². The van der Waals surface area contributed by atoms with Gasteiger partial charge in [-0.05, 0) is 13.8 Å². The quantitative estimate of drug-likeness (QED) is 0.760. The van der Waals surface area contributed by atoms with Crippen molar-refractivity contribution in [1.82, 2.24) is 14.7 Å². The van der Waals surface area contributed by atoms with Crippen LogP contribution in [0.2, 0.25) is 0 Å². The van der Waals surface area contributed by atoms with Gasteiger partial charge in [0.15, 0.2) is 0 Å². The van der Waals surface area contributed by atoms with Gasteiger partial charge in [-0.1, -0.05) is 0 Å². The van der Waals surface area contributed by atoms with Gasteiger partial charge in [-0.15, -0.1) is 11.6 Å². The van der Waals surface area contributed by atoms with Crippen LogP contribution >= 0.6 is 11.6 Å². The van der Waals surface area contributed by atoms with E-state index in [1.807, 2.05) is 20.9 Å². The van der Waals surface area contributed by atoms with Gasteiger partial charge in [-0.2, -0.15) is 5.10 Å². The van der Waals surface area contributed by atoms with Gasteiger partial charge in [0.1, 0.15) is 0 Å². The number of alkyl halides is 1. The number of amides is 1. The Kier molecular flexibility index (Phi) is 3.92. The predicted molar refractivity (Wildman–Crippen MR) is 68.9 cm³/mol. The normalized spacial score (nSPS) is 24.3. The number of halogens is 1. The van der Waals surface area contributed by atoms with Gasteiger partial charge in [0.2, 0.25) is 0 Å². The summed E-state index contributed by atoms with van der Waals surface area (Å²) in [5.41, 5.74) is 1.41. The van der Waals surface area contributed by atoms with E-state index >= 15 is 0 Å². The standard InChI is InChI=1S/C12H18ClN3O2/c1-8-5-16(6-10(4-13)18-8)12(17)11-7-15(3)14-9(11)2/h7-8,10H,4-6H2,1-3H3. The highest BCUT2D eigenvalue weighted by molar-refractivity contribution is 6.18. The predicted octanol–water partition coefficient (Wildman–Crippen LogP) is 1.20. The summed E-state index contributed by atoms with van der Waals surface area (Å²) in [7, 11) is 1.81. The Labute approximate surface area is 112 Å². The zero-order valence-corrected chi connectivity index (χ0v) is 11.6. The summed E-state index contributed by atoms with van der Waals surface area (Å²) in [6.45, 7) is 4.94. The van der Waals surface area contributed by atoms with Crippen molar-refractivity contribution in [1.29, 1.82) is 0 Å². The van der Waals surface area contributed by atoms with Crippen LogP contribution in [0.5, 0.6) is 0 Å². The third-order valence-electron chi connectivity index (χ3n) is 3.03. The molecule has 2 unspecified atom stereocenters. The average Bonchev–Trinajstić information content (AvgIpc) is 2.66. The molecular weight excluding hydrogens is 254 g/mol. The minimum Gasteiger partial charge on any atom is -0.370 e. The van der Waals surface area contributed by atoms with Gasteiger partial charge in [0.05, 0.1) is 29.3 Å². The van der Waals surface area contributed by atoms with Crippen molar-refractivity contribution in [2.75, 3.05) is 19.0 Å². The molecule has 1 fully saturated rings. The third-order valence-corrected chi connectivity index (χ3v) is 3.37. The van der Waals surface area contributed by atoms with Gasteiger partial charge in [-0.25, -0.2) is 0 Å². The van der Waals surface area contributed by atoms with E-state index in [0.717, 1.165) is 5.69 Å². The van der Waals surface area contributed by atoms with Crippen LogP contribution < -0.4 is 0 Å². The minimum atomic E-state index is -0.0867. The number of hydrogen-bond acceptors (Lipinski definition) is 3. The first-order chi connectivity index (χ1) is 8.51. The number of ether oxygens (including phenoxy) is 1. The van der Waals surface area contributed by atoms with Crippen molar-refractivity contribution in [2.24, 2.45) is 7.05 Å². The maximum atomic E-state index is 12.4. The van der Waals surface area contributed by atoms with Crippen molar-refractivity contribution >= 4 is 17.5 Å². The molecule has 0 saturated carbocycles. The second kappa shape index (κ2) is 5.28. The highest BCUT2D eigenvalue weighted by Crippen LogP contribution is 2.16. The van der Waals surface area contributed by atoms with E-state index in [1.54, 1.807) is 15.8 Å². The van der Waals surface area contributed by atoms with Gasteiger partial charge < -0.3 is 9.64 Å². The lowest BCUT2D eigenvalue weighted by molar-refractivity contribution is -0.0570. The highest BCUT2D eigenvalue weighted by Gasteiger charge is 2.29. The Morgan fingerprint density at radius 3 is 2.89 bits per heavy atom. The van der Waals surface area contributed by atoms with E-state index in [9.17, 15) is 4.79 Å². The maximum Gasteiger partial charge on any atom is 0.257 e. The van der Waals surface area contributed by atoms with E-state index in [1.165, 1.54) is 0 Å². The Hall–Kier alpha value is -1.07. The number of aryl methyl sites for hydroxylation is 2. The van der Waals surface area contributed by atoms with Crippen LogP contribution in [-0.2, 0) is 11.8 Å². The molecule has 1 saturated heterocycles. The van der Waals surface area contributed by atoms with Crippen molar-refractivity contribution in [3.05, 3.63) is 17.5 Å². The molecule has 2 heterocycles. The molecule has 0 aliphatic carbocycles. The van der Waals surface area contributed by atoms with Crippen molar-refractivity contribution < 1.29 is 9.53 Å². The number of hydrogen-bond donors (Lipinski definition) is 0. The van der Waals surface area contributed by atoms with Gasteiger partial charge in [0, 0.05) is 26.3 Å². The number of carbonyl (C=O) groups excluding carboxylic acids is 1. The number of carbonyl (C=O) groups is 1. The lowest BCUT2D eigenvalue weighted by atomic mass is 10.1. The van der Waals surface area contributed by atoms with Crippen LogP contribution in [-0.4, -0.2) is 51.8 Å². The largest absolute Gasteiger partial charge is 0.370 e. The molecule has 6 heteroatoms. The third kappa shape index (κ3) is 2.67. The Balaban J connectivity index is 2.15. The first-order valence-corrected chi connectivity index (χ1v) is 6.55.